The van der Waals surface area contributed by atoms with E-state index in [1.807, 2.05) is 47.4 Å². The maximum atomic E-state index is 13.1. The van der Waals surface area contributed by atoms with E-state index in [-0.39, 0.29) is 24.4 Å². The first-order valence-corrected chi connectivity index (χ1v) is 10.4. The molecule has 1 atom stereocenters. The van der Waals surface area contributed by atoms with E-state index in [0.29, 0.717) is 26.0 Å². The van der Waals surface area contributed by atoms with Crippen LogP contribution in [-0.4, -0.2) is 48.6 Å². The number of carbonyl (C=O) groups excluding carboxylic acids is 1. The molecule has 1 N–H and O–H groups in total. The molecule has 2 heterocycles. The Bertz CT molecular complexity index is 735. The van der Waals surface area contributed by atoms with Crippen molar-refractivity contribution < 1.29 is 14.3 Å². The number of benzene rings is 1. The molecule has 1 saturated heterocycles. The quantitative estimate of drug-likeness (QED) is 0.608. The second-order valence-corrected chi connectivity index (χ2v) is 7.30. The lowest BCUT2D eigenvalue weighted by Crippen LogP contribution is -2.40. The Labute approximate surface area is 185 Å². The van der Waals surface area contributed by atoms with Crippen LogP contribution in [0.4, 0.5) is 0 Å². The molecule has 1 amide bonds. The normalized spacial score (nSPS) is 16.1. The fraction of sp³-hybridized carbons (Fsp3) is 0.478. The van der Waals surface area contributed by atoms with Crippen LogP contribution < -0.4 is 14.8 Å². The van der Waals surface area contributed by atoms with Crippen molar-refractivity contribution in [1.29, 1.82) is 0 Å². The van der Waals surface area contributed by atoms with Crippen LogP contribution in [0.5, 0.6) is 11.5 Å². The Kier molecular flexibility index (Phi) is 10.5. The topological polar surface area (TPSA) is 63.7 Å². The first-order valence-electron chi connectivity index (χ1n) is 10.4. The number of amides is 1. The molecule has 164 valence electrons. The number of methoxy groups -OCH3 is 1. The number of aromatic nitrogens is 1. The average molecular weight is 434 g/mol. The largest absolute Gasteiger partial charge is 0.497 e. The van der Waals surface area contributed by atoms with Crippen LogP contribution in [0.3, 0.4) is 0 Å². The number of halogens is 1. The van der Waals surface area contributed by atoms with Gasteiger partial charge in [0, 0.05) is 18.7 Å². The third-order valence-corrected chi connectivity index (χ3v) is 5.23. The zero-order valence-corrected chi connectivity index (χ0v) is 18.4. The zero-order chi connectivity index (χ0) is 20.3. The highest BCUT2D eigenvalue weighted by atomic mass is 35.5. The molecule has 1 fully saturated rings. The van der Waals surface area contributed by atoms with Gasteiger partial charge in [0.2, 0.25) is 5.91 Å². The molecule has 30 heavy (non-hydrogen) atoms. The van der Waals surface area contributed by atoms with E-state index in [2.05, 4.69) is 10.3 Å². The van der Waals surface area contributed by atoms with Crippen molar-refractivity contribution in [3.8, 4) is 11.5 Å². The number of ether oxygens (including phenoxy) is 2. The van der Waals surface area contributed by atoms with Crippen molar-refractivity contribution in [2.24, 2.45) is 0 Å². The van der Waals surface area contributed by atoms with Crippen LogP contribution in [-0.2, 0) is 11.3 Å². The fourth-order valence-electron chi connectivity index (χ4n) is 3.63. The molecular weight excluding hydrogens is 402 g/mol. The predicted molar refractivity (Wildman–Crippen MR) is 120 cm³/mol. The third kappa shape index (κ3) is 7.50. The van der Waals surface area contributed by atoms with E-state index >= 15 is 0 Å². The summed E-state index contributed by atoms with van der Waals surface area (Å²) in [7, 11) is 1.64. The van der Waals surface area contributed by atoms with Gasteiger partial charge in [0.15, 0.2) is 0 Å². The lowest BCUT2D eigenvalue weighted by atomic mass is 10.1. The van der Waals surface area contributed by atoms with Gasteiger partial charge in [0.1, 0.15) is 11.5 Å². The monoisotopic (exact) mass is 433 g/mol. The first-order chi connectivity index (χ1) is 14.3. The van der Waals surface area contributed by atoms with Crippen LogP contribution in [0, 0.1) is 0 Å². The highest BCUT2D eigenvalue weighted by molar-refractivity contribution is 5.85. The van der Waals surface area contributed by atoms with Crippen molar-refractivity contribution >= 4 is 18.3 Å². The number of nitrogens with zero attached hydrogens (tertiary/aromatic N) is 2. The van der Waals surface area contributed by atoms with Gasteiger partial charge in [-0.3, -0.25) is 9.78 Å². The highest BCUT2D eigenvalue weighted by Gasteiger charge is 2.24. The second-order valence-electron chi connectivity index (χ2n) is 7.30. The number of hydrogen-bond donors (Lipinski definition) is 1. The van der Waals surface area contributed by atoms with E-state index in [9.17, 15) is 4.79 Å². The molecular formula is C23H32ClN3O3. The first kappa shape index (κ1) is 24.0. The molecule has 0 bridgehead atoms. The molecule has 3 rings (SSSR count). The van der Waals surface area contributed by atoms with E-state index in [1.165, 1.54) is 0 Å². The number of carbonyl (C=O) groups is 1. The summed E-state index contributed by atoms with van der Waals surface area (Å²) in [6.45, 7) is 3.07. The molecule has 0 radical (unpaired) electrons. The summed E-state index contributed by atoms with van der Waals surface area (Å²) in [5, 5.41) is 3.43. The minimum atomic E-state index is 0. The van der Waals surface area contributed by atoms with Crippen molar-refractivity contribution in [2.75, 3.05) is 26.8 Å². The third-order valence-electron chi connectivity index (χ3n) is 5.23. The Balaban J connectivity index is 0.00000320. The summed E-state index contributed by atoms with van der Waals surface area (Å²) >= 11 is 0. The van der Waals surface area contributed by atoms with Crippen molar-refractivity contribution in [3.63, 3.8) is 0 Å². The SMILES string of the molecule is COc1ccc(OCCCC(=O)N(Cc2ccccn2)C2CCCNCC2)cc1.Cl. The van der Waals surface area contributed by atoms with Gasteiger partial charge in [-0.1, -0.05) is 6.07 Å². The van der Waals surface area contributed by atoms with Crippen LogP contribution in [0.1, 0.15) is 37.8 Å². The number of pyridine rings is 1. The maximum absolute atomic E-state index is 13.1. The minimum absolute atomic E-state index is 0. The number of hydrogen-bond acceptors (Lipinski definition) is 5. The summed E-state index contributed by atoms with van der Waals surface area (Å²) in [5.74, 6) is 1.77. The molecule has 1 aliphatic heterocycles. The molecule has 1 aromatic carbocycles. The van der Waals surface area contributed by atoms with Gasteiger partial charge in [-0.25, -0.2) is 0 Å². The number of rotatable bonds is 9. The molecule has 0 saturated carbocycles. The summed E-state index contributed by atoms with van der Waals surface area (Å²) in [4.78, 5) is 19.5. The summed E-state index contributed by atoms with van der Waals surface area (Å²) < 4.78 is 10.9. The molecule has 7 heteroatoms. The fourth-order valence-corrected chi connectivity index (χ4v) is 3.63. The molecule has 2 aromatic rings. The molecule has 1 aromatic heterocycles. The van der Waals surface area contributed by atoms with Crippen molar-refractivity contribution in [1.82, 2.24) is 15.2 Å². The Morgan fingerprint density at radius 1 is 1.13 bits per heavy atom. The van der Waals surface area contributed by atoms with Crippen LogP contribution in [0.15, 0.2) is 48.7 Å². The van der Waals surface area contributed by atoms with Crippen LogP contribution >= 0.6 is 12.4 Å². The highest BCUT2D eigenvalue weighted by Crippen LogP contribution is 2.19. The van der Waals surface area contributed by atoms with Gasteiger partial charge >= 0.3 is 0 Å². The van der Waals surface area contributed by atoms with E-state index in [0.717, 1.165) is 49.5 Å². The Morgan fingerprint density at radius 2 is 1.93 bits per heavy atom. The van der Waals surface area contributed by atoms with Gasteiger partial charge in [0.25, 0.3) is 0 Å². The molecule has 6 nitrogen and oxygen atoms in total. The number of nitrogens with one attached hydrogen (secondary N) is 1. The van der Waals surface area contributed by atoms with Crippen molar-refractivity contribution in [2.45, 2.75) is 44.7 Å². The average Bonchev–Trinajstić information content (AvgIpc) is 3.05. The van der Waals surface area contributed by atoms with E-state index < -0.39 is 0 Å². The van der Waals surface area contributed by atoms with Gasteiger partial charge < -0.3 is 19.7 Å². The summed E-state index contributed by atoms with van der Waals surface area (Å²) in [6, 6.07) is 13.6. The van der Waals surface area contributed by atoms with Crippen LogP contribution in [0.25, 0.3) is 0 Å². The standard InChI is InChI=1S/C23H31N3O3.ClH/c1-28-21-9-11-22(12-10-21)29-17-5-8-23(27)26(18-19-6-2-3-15-25-19)20-7-4-14-24-16-13-20;/h2-3,6,9-12,15,20,24H,4-5,7-8,13-14,16-18H2,1H3;1H. The minimum Gasteiger partial charge on any atom is -0.497 e. The van der Waals surface area contributed by atoms with Gasteiger partial charge in [-0.05, 0) is 75.2 Å². The smallest absolute Gasteiger partial charge is 0.223 e. The maximum Gasteiger partial charge on any atom is 0.223 e. The predicted octanol–water partition coefficient (Wildman–Crippen LogP) is 3.84. The molecule has 0 aliphatic carbocycles. The van der Waals surface area contributed by atoms with Crippen LogP contribution in [0.2, 0.25) is 0 Å². The summed E-state index contributed by atoms with van der Waals surface area (Å²) in [5.41, 5.74) is 0.938. The lowest BCUT2D eigenvalue weighted by molar-refractivity contribution is -0.134. The molecule has 0 spiro atoms. The van der Waals surface area contributed by atoms with Gasteiger partial charge in [0.05, 0.1) is 26.0 Å². The molecule has 1 unspecified atom stereocenters. The summed E-state index contributed by atoms with van der Waals surface area (Å²) in [6.07, 6.45) is 6.07. The van der Waals surface area contributed by atoms with Gasteiger partial charge in [-0.2, -0.15) is 0 Å². The van der Waals surface area contributed by atoms with E-state index in [1.54, 1.807) is 13.3 Å². The second kappa shape index (κ2) is 13.1. The zero-order valence-electron chi connectivity index (χ0n) is 17.6. The Morgan fingerprint density at radius 3 is 2.67 bits per heavy atom. The lowest BCUT2D eigenvalue weighted by Gasteiger charge is -2.31. The van der Waals surface area contributed by atoms with Gasteiger partial charge in [-0.15, -0.1) is 12.4 Å². The van der Waals surface area contributed by atoms with Crippen molar-refractivity contribution in [3.05, 3.63) is 54.4 Å². The van der Waals surface area contributed by atoms with E-state index in [4.69, 9.17) is 9.47 Å². The Hall–Kier alpha value is -2.31. The molecule has 1 aliphatic rings.